The van der Waals surface area contributed by atoms with Gasteiger partial charge in [0.15, 0.2) is 11.5 Å². The second-order valence-electron chi connectivity index (χ2n) is 6.07. The molecule has 0 aromatic heterocycles. The smallest absolute Gasteiger partial charge is 0.160 e. The van der Waals surface area contributed by atoms with E-state index in [1.165, 1.54) is 22.3 Å². The molecule has 2 aliphatic rings. The van der Waals surface area contributed by atoms with Crippen LogP contribution in [-0.4, -0.2) is 18.3 Å². The van der Waals surface area contributed by atoms with Crippen LogP contribution in [0.1, 0.15) is 34.6 Å². The summed E-state index contributed by atoms with van der Waals surface area (Å²) in [6.45, 7) is 0.910. The maximum absolute atomic E-state index is 10.2. The van der Waals surface area contributed by atoms with Crippen LogP contribution in [0.2, 0.25) is 0 Å². The van der Waals surface area contributed by atoms with Gasteiger partial charge in [-0.25, -0.2) is 0 Å². The van der Waals surface area contributed by atoms with Gasteiger partial charge in [-0.3, -0.25) is 0 Å². The third-order valence-corrected chi connectivity index (χ3v) is 5.39. The summed E-state index contributed by atoms with van der Waals surface area (Å²) in [5.74, 6) is 1.10. The number of nitrogens with one attached hydrogen (secondary N) is 1. The molecule has 0 saturated heterocycles. The minimum atomic E-state index is 0.228. The molecule has 2 atom stereocenters. The van der Waals surface area contributed by atoms with Crippen molar-refractivity contribution in [2.24, 2.45) is 0 Å². The maximum Gasteiger partial charge on any atom is 0.160 e. The zero-order valence-corrected chi connectivity index (χ0v) is 14.0. The summed E-state index contributed by atoms with van der Waals surface area (Å²) in [5.41, 5.74) is 5.22. The molecule has 2 aromatic rings. The minimum Gasteiger partial charge on any atom is -0.504 e. The normalized spacial score (nSPS) is 22.5. The number of hydrogen-bond donors (Lipinski definition) is 2. The van der Waals surface area contributed by atoms with Gasteiger partial charge in [-0.1, -0.05) is 22.0 Å². The molecule has 0 bridgehead atoms. The minimum absolute atomic E-state index is 0.228. The summed E-state index contributed by atoms with van der Waals surface area (Å²) in [4.78, 5) is 0. The van der Waals surface area contributed by atoms with Crippen LogP contribution >= 0.6 is 15.9 Å². The van der Waals surface area contributed by atoms with Crippen LogP contribution in [0.3, 0.4) is 0 Å². The molecule has 1 aliphatic heterocycles. The number of phenols is 1. The van der Waals surface area contributed by atoms with Crippen LogP contribution in [0.25, 0.3) is 0 Å². The highest BCUT2D eigenvalue weighted by molar-refractivity contribution is 9.10. The maximum atomic E-state index is 10.2. The average Bonchev–Trinajstić information content (AvgIpc) is 2.53. The second-order valence-corrected chi connectivity index (χ2v) is 6.99. The highest BCUT2D eigenvalue weighted by atomic mass is 79.9. The first-order chi connectivity index (χ1) is 10.7. The number of methoxy groups -OCH3 is 1. The molecule has 0 spiro atoms. The Bertz CT molecular complexity index is 744. The topological polar surface area (TPSA) is 41.5 Å². The van der Waals surface area contributed by atoms with Crippen molar-refractivity contribution < 1.29 is 9.84 Å². The number of aromatic hydroxyl groups is 1. The van der Waals surface area contributed by atoms with E-state index in [9.17, 15) is 5.11 Å². The molecule has 1 aliphatic carbocycles. The number of phenolic OH excluding ortho intramolecular Hbond substituents is 1. The molecule has 3 nitrogen and oxygen atoms in total. The SMILES string of the molecule is COc1cc2c(cc1O)[C@H]1c3ccc(Br)cc3CN[C@@H]1CC2. The summed E-state index contributed by atoms with van der Waals surface area (Å²) in [5, 5.41) is 13.9. The van der Waals surface area contributed by atoms with Gasteiger partial charge >= 0.3 is 0 Å². The zero-order chi connectivity index (χ0) is 15.3. The molecule has 22 heavy (non-hydrogen) atoms. The monoisotopic (exact) mass is 359 g/mol. The number of aryl methyl sites for hydroxylation is 1. The van der Waals surface area contributed by atoms with Gasteiger partial charge in [-0.15, -0.1) is 0 Å². The summed E-state index contributed by atoms with van der Waals surface area (Å²) in [6, 6.07) is 10.8. The first-order valence-corrected chi connectivity index (χ1v) is 8.38. The number of rotatable bonds is 1. The van der Waals surface area contributed by atoms with E-state index in [2.05, 4.69) is 39.4 Å². The molecule has 4 rings (SSSR count). The summed E-state index contributed by atoms with van der Waals surface area (Å²) >= 11 is 3.56. The van der Waals surface area contributed by atoms with E-state index in [4.69, 9.17) is 4.74 Å². The van der Waals surface area contributed by atoms with Crippen molar-refractivity contribution in [2.45, 2.75) is 31.3 Å². The van der Waals surface area contributed by atoms with Gasteiger partial charge in [-0.05, 0) is 59.4 Å². The lowest BCUT2D eigenvalue weighted by Gasteiger charge is -2.39. The summed E-state index contributed by atoms with van der Waals surface area (Å²) in [7, 11) is 1.60. The van der Waals surface area contributed by atoms with Gasteiger partial charge < -0.3 is 15.2 Å². The highest BCUT2D eigenvalue weighted by Gasteiger charge is 2.35. The molecule has 0 radical (unpaired) electrons. The molecule has 0 amide bonds. The fourth-order valence-electron chi connectivity index (χ4n) is 3.87. The largest absolute Gasteiger partial charge is 0.504 e. The Labute approximate surface area is 138 Å². The average molecular weight is 360 g/mol. The number of ether oxygens (including phenoxy) is 1. The molecule has 1 heterocycles. The molecule has 4 heteroatoms. The molecule has 2 N–H and O–H groups in total. The Morgan fingerprint density at radius 2 is 2.05 bits per heavy atom. The first kappa shape index (κ1) is 14.1. The van der Waals surface area contributed by atoms with Gasteiger partial charge in [-0.2, -0.15) is 0 Å². The Hall–Kier alpha value is -1.52. The van der Waals surface area contributed by atoms with Crippen LogP contribution < -0.4 is 10.1 Å². The molecule has 114 valence electrons. The fraction of sp³-hybridized carbons (Fsp3) is 0.333. The van der Waals surface area contributed by atoms with Gasteiger partial charge in [0.1, 0.15) is 0 Å². The zero-order valence-electron chi connectivity index (χ0n) is 12.4. The third-order valence-electron chi connectivity index (χ3n) is 4.90. The van der Waals surface area contributed by atoms with Crippen molar-refractivity contribution >= 4 is 15.9 Å². The van der Waals surface area contributed by atoms with Gasteiger partial charge in [0.2, 0.25) is 0 Å². The number of hydrogen-bond acceptors (Lipinski definition) is 3. The number of benzene rings is 2. The number of fused-ring (bicyclic) bond motifs is 5. The lowest BCUT2D eigenvalue weighted by atomic mass is 9.72. The van der Waals surface area contributed by atoms with Crippen molar-refractivity contribution in [3.05, 3.63) is 57.1 Å². The fourth-order valence-corrected chi connectivity index (χ4v) is 4.28. The molecule has 0 unspecified atom stereocenters. The quantitative estimate of drug-likeness (QED) is 0.815. The standard InChI is InChI=1S/C18H18BrNO2/c1-22-17-7-10-2-5-15-18(14(10)8-16(17)21)13-4-3-12(19)6-11(13)9-20-15/h3-4,6-8,15,18,20-21H,2,5,9H2,1H3/t15-,18-/m1/s1. The van der Waals surface area contributed by atoms with Crippen LogP contribution in [0.15, 0.2) is 34.8 Å². The number of halogens is 1. The van der Waals surface area contributed by atoms with E-state index in [-0.39, 0.29) is 5.75 Å². The lowest BCUT2D eigenvalue weighted by Crippen LogP contribution is -2.42. The Balaban J connectivity index is 1.88. The summed E-state index contributed by atoms with van der Waals surface area (Å²) < 4.78 is 6.37. The van der Waals surface area contributed by atoms with Gasteiger partial charge in [0.25, 0.3) is 0 Å². The van der Waals surface area contributed by atoms with Crippen molar-refractivity contribution in [1.82, 2.24) is 5.32 Å². The predicted octanol–water partition coefficient (Wildman–Crippen LogP) is 3.71. The highest BCUT2D eigenvalue weighted by Crippen LogP contribution is 2.44. The van der Waals surface area contributed by atoms with Crippen LogP contribution in [0.4, 0.5) is 0 Å². The van der Waals surface area contributed by atoms with Crippen LogP contribution in [-0.2, 0) is 13.0 Å². The molecule has 0 saturated carbocycles. The molecular weight excluding hydrogens is 342 g/mol. The van der Waals surface area contributed by atoms with Crippen LogP contribution in [0.5, 0.6) is 11.5 Å². The Morgan fingerprint density at radius 3 is 2.86 bits per heavy atom. The van der Waals surface area contributed by atoms with E-state index < -0.39 is 0 Å². The Kier molecular flexibility index (Phi) is 3.39. The van der Waals surface area contributed by atoms with E-state index in [0.717, 1.165) is 23.9 Å². The van der Waals surface area contributed by atoms with E-state index in [1.54, 1.807) is 7.11 Å². The molecule has 0 fully saturated rings. The first-order valence-electron chi connectivity index (χ1n) is 7.59. The van der Waals surface area contributed by atoms with E-state index in [0.29, 0.717) is 17.7 Å². The van der Waals surface area contributed by atoms with Gasteiger partial charge in [0, 0.05) is 23.0 Å². The second kappa shape index (κ2) is 5.28. The lowest BCUT2D eigenvalue weighted by molar-refractivity contribution is 0.364. The van der Waals surface area contributed by atoms with Crippen molar-refractivity contribution in [3.8, 4) is 11.5 Å². The Morgan fingerprint density at radius 1 is 1.18 bits per heavy atom. The third kappa shape index (κ3) is 2.13. The molecule has 2 aromatic carbocycles. The van der Waals surface area contributed by atoms with Gasteiger partial charge in [0.05, 0.1) is 7.11 Å². The van der Waals surface area contributed by atoms with Crippen molar-refractivity contribution in [1.29, 1.82) is 0 Å². The van der Waals surface area contributed by atoms with E-state index in [1.807, 2.05) is 12.1 Å². The van der Waals surface area contributed by atoms with E-state index >= 15 is 0 Å². The van der Waals surface area contributed by atoms with Crippen molar-refractivity contribution in [2.75, 3.05) is 7.11 Å². The molecular formula is C18H18BrNO2. The van der Waals surface area contributed by atoms with Crippen molar-refractivity contribution in [3.63, 3.8) is 0 Å². The summed E-state index contributed by atoms with van der Waals surface area (Å²) in [6.07, 6.45) is 2.13. The van der Waals surface area contributed by atoms with Crippen LogP contribution in [0, 0.1) is 0 Å². The predicted molar refractivity (Wildman–Crippen MR) is 89.6 cm³/mol.